The summed E-state index contributed by atoms with van der Waals surface area (Å²) in [6.07, 6.45) is 1.29. The Kier molecular flexibility index (Phi) is 6.57. The molecule has 0 fully saturated rings. The van der Waals surface area contributed by atoms with Gasteiger partial charge in [0.25, 0.3) is 5.91 Å². The van der Waals surface area contributed by atoms with Crippen molar-refractivity contribution in [2.75, 3.05) is 23.4 Å². The molecule has 2 N–H and O–H groups in total. The zero-order valence-corrected chi connectivity index (χ0v) is 15.7. The van der Waals surface area contributed by atoms with E-state index in [2.05, 4.69) is 10.6 Å². The van der Waals surface area contributed by atoms with Crippen LogP contribution >= 0.6 is 23.5 Å². The summed E-state index contributed by atoms with van der Waals surface area (Å²) in [6, 6.07) is 11.8. The molecule has 2 aromatic rings. The number of nitrogens with one attached hydrogen (secondary N) is 2. The van der Waals surface area contributed by atoms with Gasteiger partial charge < -0.3 is 10.6 Å². The molecule has 0 saturated carbocycles. The zero-order chi connectivity index (χ0) is 18.4. The average molecular weight is 391 g/mol. The third kappa shape index (κ3) is 5.25. The minimum atomic E-state index is -0.239. The van der Waals surface area contributed by atoms with E-state index in [9.17, 15) is 14.0 Å². The first-order chi connectivity index (χ1) is 12.6. The fourth-order valence-corrected chi connectivity index (χ4v) is 4.25. The molecule has 136 valence electrons. The minimum Gasteiger partial charge on any atom is -0.352 e. The molecular weight excluding hydrogens is 371 g/mol. The highest BCUT2D eigenvalue weighted by atomic mass is 32.2. The summed E-state index contributed by atoms with van der Waals surface area (Å²) in [5, 5.41) is 5.74. The number of carbonyl (C=O) groups excluding carboxylic acids is 2. The lowest BCUT2D eigenvalue weighted by atomic mass is 10.2. The van der Waals surface area contributed by atoms with Gasteiger partial charge in [0.15, 0.2) is 0 Å². The summed E-state index contributed by atoms with van der Waals surface area (Å²) in [7, 11) is 0. The Morgan fingerprint density at radius 2 is 2.04 bits per heavy atom. The van der Waals surface area contributed by atoms with Crippen molar-refractivity contribution in [3.63, 3.8) is 0 Å². The Bertz CT molecular complexity index is 797. The number of carbonyl (C=O) groups is 2. The lowest BCUT2D eigenvalue weighted by Crippen LogP contribution is -2.25. The smallest absolute Gasteiger partial charge is 0.251 e. The Morgan fingerprint density at radius 3 is 2.85 bits per heavy atom. The van der Waals surface area contributed by atoms with Gasteiger partial charge in [-0.15, -0.1) is 23.5 Å². The first kappa shape index (κ1) is 18.8. The highest BCUT2D eigenvalue weighted by molar-refractivity contribution is 7.99. The second kappa shape index (κ2) is 9.09. The molecule has 0 radical (unpaired) electrons. The molecule has 0 bridgehead atoms. The van der Waals surface area contributed by atoms with Crippen LogP contribution in [0.2, 0.25) is 0 Å². The molecule has 0 atom stereocenters. The lowest BCUT2D eigenvalue weighted by molar-refractivity contribution is -0.115. The van der Waals surface area contributed by atoms with Crippen molar-refractivity contribution in [3.05, 3.63) is 53.8 Å². The Morgan fingerprint density at radius 1 is 1.23 bits per heavy atom. The van der Waals surface area contributed by atoms with Crippen LogP contribution in [-0.2, 0) is 4.79 Å². The Labute approximate surface area is 160 Å². The van der Waals surface area contributed by atoms with Crippen molar-refractivity contribution in [1.29, 1.82) is 0 Å². The van der Waals surface area contributed by atoms with Gasteiger partial charge in [-0.2, -0.15) is 0 Å². The normalized spacial score (nSPS) is 13.5. The van der Waals surface area contributed by atoms with Crippen molar-refractivity contribution >= 4 is 41.0 Å². The topological polar surface area (TPSA) is 58.2 Å². The molecule has 1 heterocycles. The van der Waals surface area contributed by atoms with Crippen LogP contribution in [0.3, 0.4) is 0 Å². The van der Waals surface area contributed by atoms with Gasteiger partial charge in [0.1, 0.15) is 5.82 Å². The number of amides is 2. The van der Waals surface area contributed by atoms with Crippen molar-refractivity contribution in [3.8, 4) is 0 Å². The highest BCUT2D eigenvalue weighted by Crippen LogP contribution is 2.31. The van der Waals surface area contributed by atoms with Crippen molar-refractivity contribution in [2.24, 2.45) is 0 Å². The number of hydrogen-bond acceptors (Lipinski definition) is 4. The van der Waals surface area contributed by atoms with E-state index in [1.54, 1.807) is 47.8 Å². The minimum absolute atomic E-state index is 0.0216. The van der Waals surface area contributed by atoms with E-state index >= 15 is 0 Å². The van der Waals surface area contributed by atoms with Gasteiger partial charge in [-0.3, -0.25) is 9.59 Å². The third-order valence-electron chi connectivity index (χ3n) is 3.79. The van der Waals surface area contributed by atoms with Gasteiger partial charge in [-0.25, -0.2) is 4.39 Å². The van der Waals surface area contributed by atoms with Gasteiger partial charge in [-0.05, 0) is 54.6 Å². The van der Waals surface area contributed by atoms with Gasteiger partial charge in [0.2, 0.25) is 5.91 Å². The van der Waals surface area contributed by atoms with E-state index in [1.807, 2.05) is 6.07 Å². The summed E-state index contributed by atoms with van der Waals surface area (Å²) in [5.41, 5.74) is 1.25. The number of halogens is 1. The SMILES string of the molecule is O=C1CCSc2ccc(C(=O)NCCCSc3ccc(F)cc3)cc2N1. The molecule has 3 rings (SSSR count). The zero-order valence-electron chi connectivity index (χ0n) is 14.1. The Balaban J connectivity index is 1.46. The lowest BCUT2D eigenvalue weighted by Gasteiger charge is -2.09. The van der Waals surface area contributed by atoms with Crippen molar-refractivity contribution in [1.82, 2.24) is 5.32 Å². The van der Waals surface area contributed by atoms with Crippen molar-refractivity contribution < 1.29 is 14.0 Å². The molecule has 0 saturated heterocycles. The molecule has 2 aromatic carbocycles. The number of hydrogen-bond donors (Lipinski definition) is 2. The quantitative estimate of drug-likeness (QED) is 0.574. The molecule has 0 aromatic heterocycles. The summed E-state index contributed by atoms with van der Waals surface area (Å²) < 4.78 is 12.8. The molecular formula is C19H19FN2O2S2. The number of fused-ring (bicyclic) bond motifs is 1. The summed E-state index contributed by atoms with van der Waals surface area (Å²) in [5.74, 6) is 1.17. The molecule has 4 nitrogen and oxygen atoms in total. The van der Waals surface area contributed by atoms with Crippen LogP contribution in [0.5, 0.6) is 0 Å². The van der Waals surface area contributed by atoms with E-state index in [4.69, 9.17) is 0 Å². The fourth-order valence-electron chi connectivity index (χ4n) is 2.46. The predicted molar refractivity (Wildman–Crippen MR) is 104 cm³/mol. The van der Waals surface area contributed by atoms with E-state index in [0.29, 0.717) is 24.2 Å². The maximum Gasteiger partial charge on any atom is 0.251 e. The van der Waals surface area contributed by atoms with Gasteiger partial charge in [-0.1, -0.05) is 0 Å². The molecule has 1 aliphatic rings. The van der Waals surface area contributed by atoms with E-state index in [-0.39, 0.29) is 17.6 Å². The van der Waals surface area contributed by atoms with Crippen LogP contribution in [0.15, 0.2) is 52.3 Å². The number of rotatable bonds is 6. The number of anilines is 1. The standard InChI is InChI=1S/C19H19FN2O2S2/c20-14-3-5-15(6-4-14)25-10-1-9-21-19(24)13-2-7-17-16(12-13)22-18(23)8-11-26-17/h2-7,12H,1,8-11H2,(H,21,24)(H,22,23). The monoisotopic (exact) mass is 390 g/mol. The Hall–Kier alpha value is -1.99. The van der Waals surface area contributed by atoms with Crippen LogP contribution < -0.4 is 10.6 Å². The van der Waals surface area contributed by atoms with Gasteiger partial charge in [0, 0.05) is 34.1 Å². The van der Waals surface area contributed by atoms with Gasteiger partial charge in [0.05, 0.1) is 5.69 Å². The number of thioether (sulfide) groups is 2. The van der Waals surface area contributed by atoms with Gasteiger partial charge >= 0.3 is 0 Å². The van der Waals surface area contributed by atoms with Crippen LogP contribution in [0.25, 0.3) is 0 Å². The van der Waals surface area contributed by atoms with Crippen LogP contribution in [0, 0.1) is 5.82 Å². The molecule has 7 heteroatoms. The maximum absolute atomic E-state index is 12.8. The summed E-state index contributed by atoms with van der Waals surface area (Å²) in [4.78, 5) is 25.9. The molecule has 1 aliphatic heterocycles. The molecule has 0 spiro atoms. The van der Waals surface area contributed by atoms with E-state index < -0.39 is 0 Å². The molecule has 0 unspecified atom stereocenters. The van der Waals surface area contributed by atoms with E-state index in [1.165, 1.54) is 12.1 Å². The second-order valence-electron chi connectivity index (χ2n) is 5.77. The average Bonchev–Trinajstić information content (AvgIpc) is 2.82. The first-order valence-electron chi connectivity index (χ1n) is 8.35. The van der Waals surface area contributed by atoms with Crippen LogP contribution in [-0.4, -0.2) is 29.9 Å². The highest BCUT2D eigenvalue weighted by Gasteiger charge is 2.15. The van der Waals surface area contributed by atoms with Crippen LogP contribution in [0.4, 0.5) is 10.1 Å². The molecule has 0 aliphatic carbocycles. The predicted octanol–water partition coefficient (Wildman–Crippen LogP) is 4.17. The van der Waals surface area contributed by atoms with E-state index in [0.717, 1.165) is 27.7 Å². The number of benzene rings is 2. The summed E-state index contributed by atoms with van der Waals surface area (Å²) >= 11 is 3.25. The molecule has 26 heavy (non-hydrogen) atoms. The van der Waals surface area contributed by atoms with Crippen molar-refractivity contribution in [2.45, 2.75) is 22.6 Å². The van der Waals surface area contributed by atoms with Crippen LogP contribution in [0.1, 0.15) is 23.2 Å². The summed E-state index contributed by atoms with van der Waals surface area (Å²) in [6.45, 7) is 0.561. The fraction of sp³-hybridized carbons (Fsp3) is 0.263. The largest absolute Gasteiger partial charge is 0.352 e. The maximum atomic E-state index is 12.8. The molecule has 2 amide bonds. The third-order valence-corrected chi connectivity index (χ3v) is 5.97. The second-order valence-corrected chi connectivity index (χ2v) is 8.07. The first-order valence-corrected chi connectivity index (χ1v) is 10.3.